The van der Waals surface area contributed by atoms with E-state index in [1.807, 2.05) is 0 Å². The van der Waals surface area contributed by atoms with Crippen LogP contribution in [0.4, 0.5) is 0 Å². The lowest BCUT2D eigenvalue weighted by Gasteiger charge is -2.27. The summed E-state index contributed by atoms with van der Waals surface area (Å²) in [6, 6.07) is 0. The lowest BCUT2D eigenvalue weighted by atomic mass is 10.5. The molecular weight excluding hydrogens is 170 g/mol. The van der Waals surface area contributed by atoms with Crippen molar-refractivity contribution in [1.82, 2.24) is 0 Å². The normalized spacial score (nSPS) is 25.5. The molecule has 2 N–H and O–H groups in total. The second-order valence-corrected chi connectivity index (χ2v) is 8.29. The van der Waals surface area contributed by atoms with E-state index in [1.54, 1.807) is 0 Å². The topological polar surface area (TPSA) is 47.8 Å². The van der Waals surface area contributed by atoms with Crippen LogP contribution in [0.2, 0.25) is 13.1 Å². The molecule has 72 valence electrons. The van der Waals surface area contributed by atoms with Crippen molar-refractivity contribution in [3.8, 4) is 0 Å². The maximum atomic E-state index is 6.07. The molecule has 0 aromatic rings. The van der Waals surface area contributed by atoms with Gasteiger partial charge in [-0.3, -0.25) is 0 Å². The molecule has 1 fully saturated rings. The van der Waals surface area contributed by atoms with Crippen LogP contribution in [-0.4, -0.2) is 33.3 Å². The SMILES string of the molecule is CCC(OCC1CO1)[Si](C)(C)N. The number of rotatable bonds is 5. The zero-order valence-electron chi connectivity index (χ0n) is 8.17. The van der Waals surface area contributed by atoms with E-state index in [0.717, 1.165) is 19.6 Å². The lowest BCUT2D eigenvalue weighted by molar-refractivity contribution is 0.0825. The molecule has 3 nitrogen and oxygen atoms in total. The highest BCUT2D eigenvalue weighted by atomic mass is 28.3. The molecule has 0 amide bonds. The van der Waals surface area contributed by atoms with E-state index in [0.29, 0.717) is 6.10 Å². The van der Waals surface area contributed by atoms with Gasteiger partial charge in [-0.25, -0.2) is 0 Å². The van der Waals surface area contributed by atoms with Gasteiger partial charge in [-0.2, -0.15) is 0 Å². The van der Waals surface area contributed by atoms with E-state index in [9.17, 15) is 0 Å². The van der Waals surface area contributed by atoms with Gasteiger partial charge in [0.15, 0.2) is 0 Å². The molecule has 1 saturated heterocycles. The Kier molecular flexibility index (Phi) is 3.28. The highest BCUT2D eigenvalue weighted by molar-refractivity contribution is 6.75. The van der Waals surface area contributed by atoms with Crippen LogP contribution in [0.25, 0.3) is 0 Å². The number of ether oxygens (including phenoxy) is 2. The van der Waals surface area contributed by atoms with Crippen molar-refractivity contribution in [1.29, 1.82) is 0 Å². The van der Waals surface area contributed by atoms with Gasteiger partial charge >= 0.3 is 0 Å². The van der Waals surface area contributed by atoms with Crippen LogP contribution in [-0.2, 0) is 9.47 Å². The molecule has 0 radical (unpaired) electrons. The second-order valence-electron chi connectivity index (χ2n) is 4.01. The Balaban J connectivity index is 2.23. The summed E-state index contributed by atoms with van der Waals surface area (Å²) in [5, 5.41) is 6.07. The quantitative estimate of drug-likeness (QED) is 0.516. The Hall–Kier alpha value is 0.0969. The fourth-order valence-electron chi connectivity index (χ4n) is 1.25. The van der Waals surface area contributed by atoms with Crippen molar-refractivity contribution in [2.24, 2.45) is 5.40 Å². The predicted octanol–water partition coefficient (Wildman–Crippen LogP) is 0.883. The van der Waals surface area contributed by atoms with E-state index < -0.39 is 8.24 Å². The molecule has 12 heavy (non-hydrogen) atoms. The van der Waals surface area contributed by atoms with E-state index in [1.165, 1.54) is 0 Å². The molecule has 1 aliphatic heterocycles. The van der Waals surface area contributed by atoms with Gasteiger partial charge in [0.2, 0.25) is 0 Å². The van der Waals surface area contributed by atoms with Crippen LogP contribution in [0.3, 0.4) is 0 Å². The summed E-state index contributed by atoms with van der Waals surface area (Å²) in [6.45, 7) is 7.99. The van der Waals surface area contributed by atoms with E-state index in [-0.39, 0.29) is 5.73 Å². The average molecular weight is 189 g/mol. The van der Waals surface area contributed by atoms with Crippen LogP contribution in [0.1, 0.15) is 13.3 Å². The molecule has 0 bridgehead atoms. The lowest BCUT2D eigenvalue weighted by Crippen LogP contribution is -2.52. The molecule has 2 atom stereocenters. The van der Waals surface area contributed by atoms with Crippen molar-refractivity contribution < 1.29 is 9.47 Å². The van der Waals surface area contributed by atoms with Crippen LogP contribution in [0.5, 0.6) is 0 Å². The maximum absolute atomic E-state index is 6.07. The fraction of sp³-hybridized carbons (Fsp3) is 1.00. The van der Waals surface area contributed by atoms with Gasteiger partial charge in [0.25, 0.3) is 0 Å². The zero-order valence-corrected chi connectivity index (χ0v) is 9.17. The standard InChI is InChI=1S/C8H19NO2Si/c1-4-8(12(2,3)9)11-6-7-5-10-7/h7-8H,4-6,9H2,1-3H3. The average Bonchev–Trinajstić information content (AvgIpc) is 2.69. The highest BCUT2D eigenvalue weighted by Crippen LogP contribution is 2.14. The number of hydrogen-bond acceptors (Lipinski definition) is 3. The molecule has 4 heteroatoms. The van der Waals surface area contributed by atoms with Gasteiger partial charge in [0.1, 0.15) is 14.3 Å². The van der Waals surface area contributed by atoms with E-state index in [2.05, 4.69) is 20.0 Å². The first-order valence-corrected chi connectivity index (χ1v) is 7.71. The van der Waals surface area contributed by atoms with Crippen molar-refractivity contribution in [3.63, 3.8) is 0 Å². The first-order chi connectivity index (χ1) is 5.54. The maximum Gasteiger partial charge on any atom is 0.147 e. The molecule has 0 spiro atoms. The Morgan fingerprint density at radius 1 is 1.67 bits per heavy atom. The minimum absolute atomic E-state index is 0.279. The summed E-state index contributed by atoms with van der Waals surface area (Å²) in [5.41, 5.74) is 0.279. The number of epoxide rings is 1. The summed E-state index contributed by atoms with van der Waals surface area (Å²) in [6.07, 6.45) is 1.37. The molecule has 2 unspecified atom stereocenters. The largest absolute Gasteiger partial charge is 0.377 e. The summed E-state index contributed by atoms with van der Waals surface area (Å²) in [5.74, 6) is 0. The van der Waals surface area contributed by atoms with E-state index >= 15 is 0 Å². The van der Waals surface area contributed by atoms with Crippen LogP contribution < -0.4 is 5.40 Å². The summed E-state index contributed by atoms with van der Waals surface area (Å²) in [4.78, 5) is 0. The fourth-order valence-corrected chi connectivity index (χ4v) is 2.82. The monoisotopic (exact) mass is 189 g/mol. The molecule has 1 rings (SSSR count). The molecule has 0 aliphatic carbocycles. The minimum atomic E-state index is -1.60. The van der Waals surface area contributed by atoms with Crippen LogP contribution >= 0.6 is 0 Å². The Bertz CT molecular complexity index is 142. The van der Waals surface area contributed by atoms with Crippen LogP contribution in [0.15, 0.2) is 0 Å². The molecule has 0 saturated carbocycles. The first kappa shape index (κ1) is 10.2. The van der Waals surface area contributed by atoms with Gasteiger partial charge in [-0.1, -0.05) is 20.0 Å². The van der Waals surface area contributed by atoms with Gasteiger partial charge in [-0.15, -0.1) is 0 Å². The third kappa shape index (κ3) is 3.22. The Morgan fingerprint density at radius 2 is 2.25 bits per heavy atom. The van der Waals surface area contributed by atoms with Gasteiger partial charge in [0, 0.05) is 0 Å². The van der Waals surface area contributed by atoms with Gasteiger partial charge < -0.3 is 14.9 Å². The third-order valence-electron chi connectivity index (χ3n) is 2.09. The minimum Gasteiger partial charge on any atom is -0.377 e. The molecular formula is C8H19NO2Si. The number of nitrogens with two attached hydrogens (primary N) is 1. The van der Waals surface area contributed by atoms with Crippen molar-refractivity contribution in [2.45, 2.75) is 38.3 Å². The highest BCUT2D eigenvalue weighted by Gasteiger charge is 2.30. The summed E-state index contributed by atoms with van der Waals surface area (Å²) >= 11 is 0. The second kappa shape index (κ2) is 3.87. The van der Waals surface area contributed by atoms with Gasteiger partial charge in [-0.05, 0) is 6.42 Å². The van der Waals surface area contributed by atoms with Crippen molar-refractivity contribution >= 4 is 8.24 Å². The van der Waals surface area contributed by atoms with E-state index in [4.69, 9.17) is 14.9 Å². The first-order valence-electron chi connectivity index (χ1n) is 4.56. The van der Waals surface area contributed by atoms with Crippen molar-refractivity contribution in [3.05, 3.63) is 0 Å². The molecule has 1 heterocycles. The smallest absolute Gasteiger partial charge is 0.147 e. The summed E-state index contributed by atoms with van der Waals surface area (Å²) < 4.78 is 10.8. The molecule has 1 aliphatic rings. The predicted molar refractivity (Wildman–Crippen MR) is 51.4 cm³/mol. The third-order valence-corrected chi connectivity index (χ3v) is 4.32. The Labute approximate surface area is 75.3 Å². The zero-order chi connectivity index (χ0) is 9.19. The Morgan fingerprint density at radius 3 is 2.58 bits per heavy atom. The van der Waals surface area contributed by atoms with Gasteiger partial charge in [0.05, 0.1) is 18.9 Å². The molecule has 0 aromatic heterocycles. The van der Waals surface area contributed by atoms with Crippen LogP contribution in [0, 0.1) is 0 Å². The number of hydrogen-bond donors (Lipinski definition) is 1. The van der Waals surface area contributed by atoms with Crippen molar-refractivity contribution in [2.75, 3.05) is 13.2 Å². The summed E-state index contributed by atoms with van der Waals surface area (Å²) in [7, 11) is -1.60. The molecule has 0 aromatic carbocycles.